The number of hydrogen-bond donors (Lipinski definition) is 5. The fourth-order valence-corrected chi connectivity index (χ4v) is 6.28. The standard InChI is InChI=1S/C30H45N9O6/c1-6-8-20(26(41)29(44)31-18-11-12-18)32-28(43)25-19-10-7-9-17(19)14-39(25)30(45)24(16(4)5)34-27(42)23(15(2)3)33-22(40)13-21-35-37-38-36-21/h15,17-20,23-25H,4,6-14H2,1-3,5H3,(H,31,44)(H,32,43)(H,33,40)(H,34,42)(H,35,36,37,38)/t17-,19-,20?,23-,24+,25-/m0/s1. The summed E-state index contributed by atoms with van der Waals surface area (Å²) < 4.78 is 0. The second-order valence-electron chi connectivity index (χ2n) is 12.8. The first-order chi connectivity index (χ1) is 21.4. The summed E-state index contributed by atoms with van der Waals surface area (Å²) in [6.45, 7) is 11.3. The fourth-order valence-electron chi connectivity index (χ4n) is 6.28. The van der Waals surface area contributed by atoms with Gasteiger partial charge in [0, 0.05) is 12.6 Å². The van der Waals surface area contributed by atoms with Gasteiger partial charge >= 0.3 is 0 Å². The minimum absolute atomic E-state index is 0.00461. The third kappa shape index (κ3) is 8.31. The van der Waals surface area contributed by atoms with Gasteiger partial charge in [-0.3, -0.25) is 28.8 Å². The third-order valence-electron chi connectivity index (χ3n) is 8.79. The van der Waals surface area contributed by atoms with Crippen molar-refractivity contribution in [1.29, 1.82) is 0 Å². The number of tetrazole rings is 1. The van der Waals surface area contributed by atoms with E-state index < -0.39 is 59.5 Å². The minimum atomic E-state index is -1.15. The van der Waals surface area contributed by atoms with Crippen molar-refractivity contribution in [1.82, 2.24) is 46.8 Å². The molecule has 3 aliphatic rings. The Morgan fingerprint density at radius 2 is 1.78 bits per heavy atom. The van der Waals surface area contributed by atoms with Gasteiger partial charge in [-0.05, 0) is 62.4 Å². The molecule has 2 heterocycles. The molecule has 1 aliphatic heterocycles. The van der Waals surface area contributed by atoms with E-state index in [4.69, 9.17) is 0 Å². The van der Waals surface area contributed by atoms with Crippen molar-refractivity contribution in [2.24, 2.45) is 17.8 Å². The Balaban J connectivity index is 1.48. The van der Waals surface area contributed by atoms with Crippen LogP contribution in [0.4, 0.5) is 0 Å². The average molecular weight is 628 g/mol. The Kier molecular flexibility index (Phi) is 11.0. The molecular weight excluding hydrogens is 582 g/mol. The molecule has 0 bridgehead atoms. The number of rotatable bonds is 15. The summed E-state index contributed by atoms with van der Waals surface area (Å²) in [6.07, 6.45) is 4.85. The number of ketones is 1. The Morgan fingerprint density at radius 3 is 2.38 bits per heavy atom. The molecule has 1 unspecified atom stereocenters. The van der Waals surface area contributed by atoms with Gasteiger partial charge < -0.3 is 26.2 Å². The second kappa shape index (κ2) is 14.7. The topological polar surface area (TPSA) is 208 Å². The van der Waals surface area contributed by atoms with Crippen LogP contribution in [0.25, 0.3) is 0 Å². The Labute approximate surface area is 262 Å². The molecule has 6 atom stereocenters. The lowest BCUT2D eigenvalue weighted by Crippen LogP contribution is -2.59. The van der Waals surface area contributed by atoms with Crippen LogP contribution in [0.15, 0.2) is 12.2 Å². The van der Waals surface area contributed by atoms with E-state index in [1.807, 2.05) is 6.92 Å². The highest BCUT2D eigenvalue weighted by molar-refractivity contribution is 6.38. The first-order valence-electron chi connectivity index (χ1n) is 15.8. The zero-order chi connectivity index (χ0) is 32.8. The van der Waals surface area contributed by atoms with Crippen LogP contribution in [0.2, 0.25) is 0 Å². The maximum Gasteiger partial charge on any atom is 0.289 e. The van der Waals surface area contributed by atoms with Gasteiger partial charge in [0.15, 0.2) is 5.82 Å². The Morgan fingerprint density at radius 1 is 1.04 bits per heavy atom. The average Bonchev–Trinajstić information content (AvgIpc) is 3.32. The van der Waals surface area contributed by atoms with Crippen LogP contribution in [0, 0.1) is 17.8 Å². The van der Waals surface area contributed by atoms with Crippen molar-refractivity contribution in [3.05, 3.63) is 18.0 Å². The highest BCUT2D eigenvalue weighted by Gasteiger charge is 2.51. The lowest BCUT2D eigenvalue weighted by molar-refractivity contribution is -0.144. The van der Waals surface area contributed by atoms with E-state index in [0.717, 1.165) is 32.1 Å². The summed E-state index contributed by atoms with van der Waals surface area (Å²) in [5.74, 6) is -3.61. The van der Waals surface area contributed by atoms with Crippen LogP contribution in [-0.2, 0) is 35.2 Å². The number of amides is 5. The van der Waals surface area contributed by atoms with E-state index in [2.05, 4.69) is 48.5 Å². The normalized spacial score (nSPS) is 22.6. The summed E-state index contributed by atoms with van der Waals surface area (Å²) in [4.78, 5) is 81.0. The fraction of sp³-hybridized carbons (Fsp3) is 0.700. The number of nitrogens with zero attached hydrogens (tertiary/aromatic N) is 4. The van der Waals surface area contributed by atoms with Gasteiger partial charge in [0.05, 0.1) is 12.5 Å². The van der Waals surface area contributed by atoms with Crippen molar-refractivity contribution in [3.63, 3.8) is 0 Å². The van der Waals surface area contributed by atoms with E-state index in [0.29, 0.717) is 18.5 Å². The molecule has 5 N–H and O–H groups in total. The Hall–Kier alpha value is -4.17. The molecule has 3 fully saturated rings. The second-order valence-corrected chi connectivity index (χ2v) is 12.8. The van der Waals surface area contributed by atoms with E-state index in [1.54, 1.807) is 20.8 Å². The number of nitrogens with one attached hydrogen (secondary N) is 5. The first kappa shape index (κ1) is 33.7. The molecule has 15 nitrogen and oxygen atoms in total. The zero-order valence-electron chi connectivity index (χ0n) is 26.4. The Bertz CT molecular complexity index is 1290. The van der Waals surface area contributed by atoms with Gasteiger partial charge in [-0.25, -0.2) is 0 Å². The van der Waals surface area contributed by atoms with Gasteiger partial charge in [-0.2, -0.15) is 5.21 Å². The maximum atomic E-state index is 14.1. The van der Waals surface area contributed by atoms with Crippen molar-refractivity contribution in [3.8, 4) is 0 Å². The molecule has 0 radical (unpaired) electrons. The SMILES string of the molecule is C=C(C)[C@@H](NC(=O)[C@@H](NC(=O)Cc1nn[nH]n1)C(C)C)C(=O)N1C[C@@H]2CCC[C@@H]2[C@H]1C(=O)NC(CCC)C(=O)C(=O)NC1CC1. The molecule has 0 aromatic carbocycles. The van der Waals surface area contributed by atoms with Crippen LogP contribution in [0.5, 0.6) is 0 Å². The molecule has 1 saturated heterocycles. The van der Waals surface area contributed by atoms with E-state index in [-0.39, 0.29) is 42.5 Å². The summed E-state index contributed by atoms with van der Waals surface area (Å²) in [7, 11) is 0. The molecule has 1 aromatic rings. The van der Waals surface area contributed by atoms with Gasteiger partial charge in [-0.15, -0.1) is 10.2 Å². The molecule has 0 spiro atoms. The number of Topliss-reactive ketones (excluding diaryl/α,β-unsaturated/α-hetero) is 1. The molecule has 4 rings (SSSR count). The number of carbonyl (C=O) groups is 6. The zero-order valence-corrected chi connectivity index (χ0v) is 26.4. The van der Waals surface area contributed by atoms with Crippen LogP contribution in [0.1, 0.15) is 78.5 Å². The molecular formula is C30H45N9O6. The number of likely N-dealkylation sites (tertiary alicyclic amines) is 1. The van der Waals surface area contributed by atoms with Gasteiger partial charge in [-0.1, -0.05) is 45.4 Å². The summed E-state index contributed by atoms with van der Waals surface area (Å²) in [6, 6.07) is -3.99. The molecule has 1 aromatic heterocycles. The van der Waals surface area contributed by atoms with Gasteiger partial charge in [0.25, 0.3) is 5.91 Å². The highest BCUT2D eigenvalue weighted by atomic mass is 16.2. The van der Waals surface area contributed by atoms with Crippen LogP contribution in [0.3, 0.4) is 0 Å². The van der Waals surface area contributed by atoms with Crippen molar-refractivity contribution in [2.75, 3.05) is 6.54 Å². The van der Waals surface area contributed by atoms with Crippen LogP contribution < -0.4 is 21.3 Å². The summed E-state index contributed by atoms with van der Waals surface area (Å²) in [5, 5.41) is 24.1. The van der Waals surface area contributed by atoms with E-state index >= 15 is 0 Å². The van der Waals surface area contributed by atoms with E-state index in [1.165, 1.54) is 4.90 Å². The lowest BCUT2D eigenvalue weighted by Gasteiger charge is -2.32. The number of fused-ring (bicyclic) bond motifs is 1. The molecule has 246 valence electrons. The molecule has 5 amide bonds. The molecule has 2 saturated carbocycles. The van der Waals surface area contributed by atoms with Gasteiger partial charge in [0.1, 0.15) is 18.1 Å². The number of H-pyrrole nitrogens is 1. The number of aromatic nitrogens is 4. The lowest BCUT2D eigenvalue weighted by atomic mass is 9.92. The number of carbonyl (C=O) groups excluding carboxylic acids is 6. The highest BCUT2D eigenvalue weighted by Crippen LogP contribution is 2.42. The van der Waals surface area contributed by atoms with Crippen LogP contribution >= 0.6 is 0 Å². The summed E-state index contributed by atoms with van der Waals surface area (Å²) in [5.41, 5.74) is 0.362. The summed E-state index contributed by atoms with van der Waals surface area (Å²) >= 11 is 0. The predicted molar refractivity (Wildman–Crippen MR) is 161 cm³/mol. The quantitative estimate of drug-likeness (QED) is 0.128. The first-order valence-corrected chi connectivity index (χ1v) is 15.8. The van der Waals surface area contributed by atoms with Crippen molar-refractivity contribution < 1.29 is 28.8 Å². The van der Waals surface area contributed by atoms with Crippen molar-refractivity contribution >= 4 is 35.3 Å². The van der Waals surface area contributed by atoms with E-state index in [9.17, 15) is 28.8 Å². The molecule has 15 heteroatoms. The largest absolute Gasteiger partial charge is 0.347 e. The number of hydrogen-bond acceptors (Lipinski definition) is 9. The van der Waals surface area contributed by atoms with Crippen molar-refractivity contribution in [2.45, 2.75) is 109 Å². The smallest absolute Gasteiger partial charge is 0.289 e. The minimum Gasteiger partial charge on any atom is -0.347 e. The monoisotopic (exact) mass is 627 g/mol. The van der Waals surface area contributed by atoms with Crippen LogP contribution in [-0.4, -0.2) is 97.6 Å². The number of aromatic amines is 1. The predicted octanol–water partition coefficient (Wildman–Crippen LogP) is -0.296. The van der Waals surface area contributed by atoms with Gasteiger partial charge in [0.2, 0.25) is 29.4 Å². The maximum absolute atomic E-state index is 14.1. The molecule has 2 aliphatic carbocycles. The third-order valence-corrected chi connectivity index (χ3v) is 8.79. The molecule has 45 heavy (non-hydrogen) atoms.